The van der Waals surface area contributed by atoms with Crippen LogP contribution in [0.1, 0.15) is 36.8 Å². The van der Waals surface area contributed by atoms with E-state index in [1.165, 1.54) is 31.0 Å². The summed E-state index contributed by atoms with van der Waals surface area (Å²) in [5.41, 5.74) is -0.377. The quantitative estimate of drug-likeness (QED) is 0.486. The predicted molar refractivity (Wildman–Crippen MR) is 117 cm³/mol. The average Bonchev–Trinajstić information content (AvgIpc) is 3.14. The van der Waals surface area contributed by atoms with Gasteiger partial charge in [0.05, 0.1) is 7.11 Å². The molecule has 0 radical (unpaired) electrons. The SMILES string of the molecule is COC(=O)N1C(COC(C)=O)C(OC(C)=O)CC1n1ccc(NC(=O)c2ccccc2)nc1=O. The van der Waals surface area contributed by atoms with Gasteiger partial charge in [-0.05, 0) is 18.2 Å². The second-order valence-corrected chi connectivity index (χ2v) is 7.43. The zero-order valence-electron chi connectivity index (χ0n) is 18.8. The highest BCUT2D eigenvalue weighted by atomic mass is 16.6. The van der Waals surface area contributed by atoms with Gasteiger partial charge in [-0.15, -0.1) is 0 Å². The smallest absolute Gasteiger partial charge is 0.411 e. The highest BCUT2D eigenvalue weighted by Crippen LogP contribution is 2.34. The number of esters is 2. The number of amides is 2. The molecule has 2 heterocycles. The summed E-state index contributed by atoms with van der Waals surface area (Å²) in [6.45, 7) is 2.13. The van der Waals surface area contributed by atoms with Crippen LogP contribution in [0.3, 0.4) is 0 Å². The summed E-state index contributed by atoms with van der Waals surface area (Å²) in [5, 5.41) is 2.54. The van der Waals surface area contributed by atoms with Crippen molar-refractivity contribution in [3.05, 3.63) is 58.6 Å². The molecule has 1 aliphatic heterocycles. The van der Waals surface area contributed by atoms with Crippen molar-refractivity contribution in [2.75, 3.05) is 19.0 Å². The van der Waals surface area contributed by atoms with E-state index in [0.29, 0.717) is 5.56 Å². The van der Waals surface area contributed by atoms with Crippen molar-refractivity contribution < 1.29 is 33.4 Å². The highest BCUT2D eigenvalue weighted by molar-refractivity contribution is 6.03. The molecule has 0 bridgehead atoms. The van der Waals surface area contributed by atoms with Crippen LogP contribution in [0.25, 0.3) is 0 Å². The van der Waals surface area contributed by atoms with Gasteiger partial charge in [-0.25, -0.2) is 9.59 Å². The van der Waals surface area contributed by atoms with Crippen LogP contribution in [0, 0.1) is 0 Å². The molecule has 1 aromatic carbocycles. The van der Waals surface area contributed by atoms with E-state index in [-0.39, 0.29) is 18.8 Å². The third-order valence-electron chi connectivity index (χ3n) is 5.14. The Morgan fingerprint density at radius 2 is 1.79 bits per heavy atom. The Kier molecular flexibility index (Phi) is 7.61. The molecule has 1 N–H and O–H groups in total. The van der Waals surface area contributed by atoms with Crippen molar-refractivity contribution in [1.29, 1.82) is 0 Å². The zero-order valence-corrected chi connectivity index (χ0v) is 18.8. The Morgan fingerprint density at radius 1 is 1.09 bits per heavy atom. The van der Waals surface area contributed by atoms with Crippen molar-refractivity contribution in [3.63, 3.8) is 0 Å². The van der Waals surface area contributed by atoms with Crippen LogP contribution in [-0.2, 0) is 23.8 Å². The summed E-state index contributed by atoms with van der Waals surface area (Å²) >= 11 is 0. The first-order valence-electron chi connectivity index (χ1n) is 10.3. The normalized spacial score (nSPS) is 19.3. The zero-order chi connectivity index (χ0) is 24.8. The second-order valence-electron chi connectivity index (χ2n) is 7.43. The summed E-state index contributed by atoms with van der Waals surface area (Å²) in [7, 11) is 1.16. The lowest BCUT2D eigenvalue weighted by molar-refractivity contribution is -0.150. The number of anilines is 1. The van der Waals surface area contributed by atoms with E-state index in [2.05, 4.69) is 10.3 Å². The van der Waals surface area contributed by atoms with Crippen molar-refractivity contribution in [2.24, 2.45) is 0 Å². The van der Waals surface area contributed by atoms with Crippen molar-refractivity contribution in [3.8, 4) is 0 Å². The molecule has 3 rings (SSSR count). The topological polar surface area (TPSA) is 146 Å². The average molecular weight is 472 g/mol. The first kappa shape index (κ1) is 24.4. The van der Waals surface area contributed by atoms with Gasteiger partial charge in [0.15, 0.2) is 0 Å². The summed E-state index contributed by atoms with van der Waals surface area (Å²) in [4.78, 5) is 65.8. The number of likely N-dealkylation sites (tertiary alicyclic amines) is 1. The van der Waals surface area contributed by atoms with Gasteiger partial charge in [0.1, 0.15) is 30.7 Å². The van der Waals surface area contributed by atoms with E-state index in [1.807, 2.05) is 0 Å². The van der Waals surface area contributed by atoms with Gasteiger partial charge in [0.25, 0.3) is 5.91 Å². The van der Waals surface area contributed by atoms with Crippen LogP contribution < -0.4 is 11.0 Å². The minimum absolute atomic E-state index is 0.0192. The van der Waals surface area contributed by atoms with Gasteiger partial charge in [-0.3, -0.25) is 23.9 Å². The Morgan fingerprint density at radius 3 is 2.38 bits per heavy atom. The lowest BCUT2D eigenvalue weighted by atomic mass is 10.1. The van der Waals surface area contributed by atoms with Crippen LogP contribution >= 0.6 is 0 Å². The molecule has 1 aliphatic rings. The third-order valence-corrected chi connectivity index (χ3v) is 5.14. The molecule has 0 spiro atoms. The Labute approximate surface area is 194 Å². The number of methoxy groups -OCH3 is 1. The van der Waals surface area contributed by atoms with Crippen LogP contribution in [0.5, 0.6) is 0 Å². The molecule has 1 aromatic heterocycles. The first-order valence-corrected chi connectivity index (χ1v) is 10.3. The highest BCUT2D eigenvalue weighted by Gasteiger charge is 2.48. The second kappa shape index (κ2) is 10.6. The van der Waals surface area contributed by atoms with Gasteiger partial charge in [0.2, 0.25) is 0 Å². The molecule has 180 valence electrons. The number of nitrogens with zero attached hydrogens (tertiary/aromatic N) is 3. The van der Waals surface area contributed by atoms with Crippen LogP contribution in [0.15, 0.2) is 47.4 Å². The van der Waals surface area contributed by atoms with Crippen molar-refractivity contribution in [1.82, 2.24) is 14.5 Å². The van der Waals surface area contributed by atoms with E-state index >= 15 is 0 Å². The number of carbonyl (C=O) groups is 4. The molecule has 0 saturated carbocycles. The number of ether oxygens (including phenoxy) is 3. The molecule has 34 heavy (non-hydrogen) atoms. The fraction of sp³-hybridized carbons (Fsp3) is 0.364. The summed E-state index contributed by atoms with van der Waals surface area (Å²) in [6.07, 6.45) is -1.25. The molecule has 12 heteroatoms. The monoisotopic (exact) mass is 472 g/mol. The fourth-order valence-electron chi connectivity index (χ4n) is 3.71. The van der Waals surface area contributed by atoms with Gasteiger partial charge < -0.3 is 19.5 Å². The van der Waals surface area contributed by atoms with Gasteiger partial charge in [0, 0.05) is 32.0 Å². The maximum Gasteiger partial charge on any atom is 0.411 e. The van der Waals surface area contributed by atoms with Gasteiger partial charge >= 0.3 is 23.7 Å². The standard InChI is InChI=1S/C22H24N4O8/c1-13(27)33-12-16-17(34-14(2)28)11-19(26(16)22(31)32-3)25-10-9-18(24-21(25)30)23-20(29)15-7-5-4-6-8-15/h4-10,16-17,19H,11-12H2,1-3H3,(H,23,24,29,30). The summed E-state index contributed by atoms with van der Waals surface area (Å²) in [6, 6.07) is 8.90. The molecular formula is C22H24N4O8. The predicted octanol–water partition coefficient (Wildman–Crippen LogP) is 1.33. The largest absolute Gasteiger partial charge is 0.464 e. The number of carbonyl (C=O) groups excluding carboxylic acids is 4. The number of nitrogens with one attached hydrogen (secondary N) is 1. The Balaban J connectivity index is 1.90. The van der Waals surface area contributed by atoms with Crippen molar-refractivity contribution in [2.45, 2.75) is 38.6 Å². The molecular weight excluding hydrogens is 448 g/mol. The van der Waals surface area contributed by atoms with E-state index < -0.39 is 47.9 Å². The maximum absolute atomic E-state index is 12.8. The lowest BCUT2D eigenvalue weighted by Crippen LogP contribution is -2.47. The molecule has 3 unspecified atom stereocenters. The lowest BCUT2D eigenvalue weighted by Gasteiger charge is -2.29. The molecule has 3 atom stereocenters. The van der Waals surface area contributed by atoms with E-state index in [9.17, 15) is 24.0 Å². The molecule has 1 saturated heterocycles. The Hall–Kier alpha value is -4.22. The van der Waals surface area contributed by atoms with E-state index in [1.54, 1.807) is 30.3 Å². The van der Waals surface area contributed by atoms with E-state index in [4.69, 9.17) is 14.2 Å². The molecule has 2 aromatic rings. The Bertz CT molecular complexity index is 1130. The molecule has 1 fully saturated rings. The minimum Gasteiger partial charge on any atom is -0.464 e. The van der Waals surface area contributed by atoms with Gasteiger partial charge in [-0.2, -0.15) is 4.98 Å². The number of benzene rings is 1. The summed E-state index contributed by atoms with van der Waals surface area (Å²) < 4.78 is 16.4. The molecule has 2 amide bonds. The maximum atomic E-state index is 12.8. The number of rotatable bonds is 6. The van der Waals surface area contributed by atoms with Crippen LogP contribution in [0.4, 0.5) is 10.6 Å². The molecule has 0 aliphatic carbocycles. The van der Waals surface area contributed by atoms with E-state index in [0.717, 1.165) is 11.7 Å². The fourth-order valence-corrected chi connectivity index (χ4v) is 3.71. The number of hydrogen-bond donors (Lipinski definition) is 1. The molecule has 12 nitrogen and oxygen atoms in total. The summed E-state index contributed by atoms with van der Waals surface area (Å²) in [5.74, 6) is -1.62. The van der Waals surface area contributed by atoms with Crippen molar-refractivity contribution >= 4 is 29.8 Å². The third kappa shape index (κ3) is 5.57. The van der Waals surface area contributed by atoms with Crippen LogP contribution in [-0.4, -0.2) is 64.3 Å². The minimum atomic E-state index is -0.948. The van der Waals surface area contributed by atoms with Crippen LogP contribution in [0.2, 0.25) is 0 Å². The number of aromatic nitrogens is 2. The number of hydrogen-bond acceptors (Lipinski definition) is 9. The first-order chi connectivity index (χ1) is 16.2. The van der Waals surface area contributed by atoms with Gasteiger partial charge in [-0.1, -0.05) is 18.2 Å².